The monoisotopic (exact) mass is 159 g/mol. The molecule has 0 N–H and O–H groups in total. The van der Waals surface area contributed by atoms with Gasteiger partial charge < -0.3 is 9.64 Å². The molecule has 0 saturated heterocycles. The summed E-state index contributed by atoms with van der Waals surface area (Å²) < 4.78 is 4.57. The highest BCUT2D eigenvalue weighted by Crippen LogP contribution is 2.08. The molecule has 0 heterocycles. The van der Waals surface area contributed by atoms with Crippen LogP contribution in [0.2, 0.25) is 0 Å². The minimum Gasteiger partial charge on any atom is -0.453 e. The van der Waals surface area contributed by atoms with Gasteiger partial charge in [-0.1, -0.05) is 13.8 Å². The van der Waals surface area contributed by atoms with Crippen molar-refractivity contribution in [2.45, 2.75) is 26.8 Å². The minimum absolute atomic E-state index is 0.224. The average molecular weight is 159 g/mol. The number of ether oxygens (including phenoxy) is 1. The predicted molar refractivity (Wildman–Crippen MR) is 44.5 cm³/mol. The summed E-state index contributed by atoms with van der Waals surface area (Å²) in [7, 11) is 3.14. The Labute approximate surface area is 68.3 Å². The van der Waals surface area contributed by atoms with Crippen molar-refractivity contribution in [1.29, 1.82) is 0 Å². The molecule has 1 amide bonds. The van der Waals surface area contributed by atoms with Crippen LogP contribution >= 0.6 is 0 Å². The van der Waals surface area contributed by atoms with Crippen molar-refractivity contribution >= 4 is 6.09 Å². The van der Waals surface area contributed by atoms with Crippen LogP contribution in [0, 0.1) is 5.92 Å². The Balaban J connectivity index is 4.01. The molecule has 0 unspecified atom stereocenters. The van der Waals surface area contributed by atoms with Gasteiger partial charge >= 0.3 is 6.09 Å². The number of hydrogen-bond donors (Lipinski definition) is 0. The maximum absolute atomic E-state index is 11.0. The first-order valence-corrected chi connectivity index (χ1v) is 3.81. The first kappa shape index (κ1) is 10.3. The van der Waals surface area contributed by atoms with Gasteiger partial charge in [0, 0.05) is 13.1 Å². The molecule has 11 heavy (non-hydrogen) atoms. The second kappa shape index (κ2) is 4.21. The van der Waals surface area contributed by atoms with Gasteiger partial charge in [0.15, 0.2) is 0 Å². The van der Waals surface area contributed by atoms with E-state index < -0.39 is 0 Å². The fourth-order valence-corrected chi connectivity index (χ4v) is 0.757. The van der Waals surface area contributed by atoms with E-state index in [1.807, 2.05) is 6.92 Å². The number of methoxy groups -OCH3 is 1. The van der Waals surface area contributed by atoms with Gasteiger partial charge in [-0.3, -0.25) is 0 Å². The van der Waals surface area contributed by atoms with Crippen LogP contribution in [0.3, 0.4) is 0 Å². The zero-order valence-corrected chi connectivity index (χ0v) is 7.92. The molecule has 1 atom stereocenters. The van der Waals surface area contributed by atoms with Gasteiger partial charge in [-0.2, -0.15) is 0 Å². The lowest BCUT2D eigenvalue weighted by Gasteiger charge is -2.26. The Bertz CT molecular complexity index is 134. The molecule has 3 heteroatoms. The summed E-state index contributed by atoms with van der Waals surface area (Å²) in [6.45, 7) is 6.15. The highest BCUT2D eigenvalue weighted by molar-refractivity contribution is 5.67. The van der Waals surface area contributed by atoms with Crippen LogP contribution in [-0.4, -0.2) is 31.2 Å². The Morgan fingerprint density at radius 3 is 2.09 bits per heavy atom. The Kier molecular flexibility index (Phi) is 3.93. The number of hydrogen-bond acceptors (Lipinski definition) is 2. The number of carbonyl (C=O) groups excluding carboxylic acids is 1. The molecule has 0 aliphatic rings. The van der Waals surface area contributed by atoms with E-state index in [9.17, 15) is 4.79 Å². The summed E-state index contributed by atoms with van der Waals surface area (Å²) in [5.74, 6) is 0.457. The molecule has 0 aromatic rings. The molecular formula is C8H17NO2. The lowest BCUT2D eigenvalue weighted by Crippen LogP contribution is -2.38. The van der Waals surface area contributed by atoms with Crippen LogP contribution in [0.4, 0.5) is 4.79 Å². The van der Waals surface area contributed by atoms with Gasteiger partial charge in [0.05, 0.1) is 7.11 Å². The lowest BCUT2D eigenvalue weighted by atomic mass is 10.1. The standard InChI is InChI=1S/C8H17NO2/c1-6(2)7(3)9(4)8(10)11-5/h6-7H,1-5H3/t7-/m1/s1. The van der Waals surface area contributed by atoms with E-state index in [0.717, 1.165) is 0 Å². The quantitative estimate of drug-likeness (QED) is 0.614. The van der Waals surface area contributed by atoms with Gasteiger partial charge in [0.2, 0.25) is 0 Å². The topological polar surface area (TPSA) is 29.5 Å². The molecule has 0 bridgehead atoms. The number of nitrogens with zero attached hydrogens (tertiary/aromatic N) is 1. The van der Waals surface area contributed by atoms with Gasteiger partial charge in [0.25, 0.3) is 0 Å². The van der Waals surface area contributed by atoms with Crippen LogP contribution < -0.4 is 0 Å². The maximum atomic E-state index is 11.0. The van der Waals surface area contributed by atoms with Crippen LogP contribution in [-0.2, 0) is 4.74 Å². The largest absolute Gasteiger partial charge is 0.453 e. The second-order valence-corrected chi connectivity index (χ2v) is 3.07. The van der Waals surface area contributed by atoms with Gasteiger partial charge in [-0.15, -0.1) is 0 Å². The Morgan fingerprint density at radius 1 is 1.36 bits per heavy atom. The van der Waals surface area contributed by atoms with E-state index in [0.29, 0.717) is 5.92 Å². The summed E-state index contributed by atoms with van der Waals surface area (Å²) in [6.07, 6.45) is -0.272. The minimum atomic E-state index is -0.272. The fourth-order valence-electron chi connectivity index (χ4n) is 0.757. The van der Waals surface area contributed by atoms with Crippen LogP contribution in [0.25, 0.3) is 0 Å². The highest BCUT2D eigenvalue weighted by atomic mass is 16.5. The SMILES string of the molecule is COC(=O)N(C)[C@H](C)C(C)C. The van der Waals surface area contributed by atoms with E-state index in [2.05, 4.69) is 18.6 Å². The molecule has 3 nitrogen and oxygen atoms in total. The van der Waals surface area contributed by atoms with Crippen molar-refractivity contribution in [3.8, 4) is 0 Å². The zero-order chi connectivity index (χ0) is 9.02. The Morgan fingerprint density at radius 2 is 1.82 bits per heavy atom. The third-order valence-electron chi connectivity index (χ3n) is 2.04. The molecule has 66 valence electrons. The van der Waals surface area contributed by atoms with E-state index in [-0.39, 0.29) is 12.1 Å². The van der Waals surface area contributed by atoms with Crippen molar-refractivity contribution in [1.82, 2.24) is 4.90 Å². The van der Waals surface area contributed by atoms with Gasteiger partial charge in [-0.05, 0) is 12.8 Å². The molecule has 0 radical (unpaired) electrons. The maximum Gasteiger partial charge on any atom is 0.409 e. The summed E-state index contributed by atoms with van der Waals surface area (Å²) in [6, 6.07) is 0.224. The first-order valence-electron chi connectivity index (χ1n) is 3.81. The molecule has 0 spiro atoms. The third-order valence-corrected chi connectivity index (χ3v) is 2.04. The molecule has 0 rings (SSSR count). The molecular weight excluding hydrogens is 142 g/mol. The van der Waals surface area contributed by atoms with E-state index in [1.54, 1.807) is 11.9 Å². The normalized spacial score (nSPS) is 12.9. The molecule has 0 aromatic carbocycles. The van der Waals surface area contributed by atoms with E-state index >= 15 is 0 Å². The predicted octanol–water partition coefficient (Wildman–Crippen LogP) is 1.73. The molecule has 0 aliphatic heterocycles. The van der Waals surface area contributed by atoms with Crippen molar-refractivity contribution in [2.24, 2.45) is 5.92 Å². The third kappa shape index (κ3) is 2.78. The molecule has 0 aliphatic carbocycles. The summed E-state index contributed by atoms with van der Waals surface area (Å²) in [4.78, 5) is 12.6. The van der Waals surface area contributed by atoms with E-state index in [4.69, 9.17) is 0 Å². The molecule has 0 fully saturated rings. The summed E-state index contributed by atoms with van der Waals surface area (Å²) >= 11 is 0. The zero-order valence-electron chi connectivity index (χ0n) is 7.92. The highest BCUT2D eigenvalue weighted by Gasteiger charge is 2.18. The summed E-state index contributed by atoms with van der Waals surface area (Å²) in [5, 5.41) is 0. The first-order chi connectivity index (χ1) is 5.00. The van der Waals surface area contributed by atoms with Crippen molar-refractivity contribution < 1.29 is 9.53 Å². The number of rotatable bonds is 2. The van der Waals surface area contributed by atoms with Crippen molar-refractivity contribution in [3.05, 3.63) is 0 Å². The second-order valence-electron chi connectivity index (χ2n) is 3.07. The van der Waals surface area contributed by atoms with Gasteiger partial charge in [0.1, 0.15) is 0 Å². The van der Waals surface area contributed by atoms with E-state index in [1.165, 1.54) is 7.11 Å². The van der Waals surface area contributed by atoms with Crippen molar-refractivity contribution in [3.63, 3.8) is 0 Å². The van der Waals surface area contributed by atoms with Gasteiger partial charge in [-0.25, -0.2) is 4.79 Å². The smallest absolute Gasteiger partial charge is 0.409 e. The summed E-state index contributed by atoms with van der Waals surface area (Å²) in [5.41, 5.74) is 0. The van der Waals surface area contributed by atoms with Crippen LogP contribution in [0.15, 0.2) is 0 Å². The fraction of sp³-hybridized carbons (Fsp3) is 0.875. The number of carbonyl (C=O) groups is 1. The molecule has 0 saturated carbocycles. The van der Waals surface area contributed by atoms with Crippen LogP contribution in [0.5, 0.6) is 0 Å². The average Bonchev–Trinajstić information content (AvgIpc) is 2.00. The number of amides is 1. The van der Waals surface area contributed by atoms with Crippen LogP contribution in [0.1, 0.15) is 20.8 Å². The lowest BCUT2D eigenvalue weighted by molar-refractivity contribution is 0.111. The Hall–Kier alpha value is -0.730. The van der Waals surface area contributed by atoms with Crippen molar-refractivity contribution in [2.75, 3.05) is 14.2 Å². The molecule has 0 aromatic heterocycles.